The van der Waals surface area contributed by atoms with Gasteiger partial charge < -0.3 is 9.64 Å². The number of hydrogen-bond acceptors (Lipinski definition) is 4. The molecule has 4 rings (SSSR count). The van der Waals surface area contributed by atoms with Crippen molar-refractivity contribution < 1.29 is 4.74 Å². The SMILES string of the molecule is COc1ccccc1C1=NN(c2ccccc2)CN(c2ccccc2Br)C1. The van der Waals surface area contributed by atoms with Crippen LogP contribution in [0.4, 0.5) is 11.4 Å². The molecule has 0 amide bonds. The Hall–Kier alpha value is -2.79. The third-order valence-corrected chi connectivity index (χ3v) is 5.22. The lowest BCUT2D eigenvalue weighted by atomic mass is 10.1. The van der Waals surface area contributed by atoms with Crippen molar-refractivity contribution in [3.05, 3.63) is 88.9 Å². The van der Waals surface area contributed by atoms with Gasteiger partial charge in [0.15, 0.2) is 0 Å². The van der Waals surface area contributed by atoms with Gasteiger partial charge >= 0.3 is 0 Å². The highest BCUT2D eigenvalue weighted by Gasteiger charge is 2.24. The van der Waals surface area contributed by atoms with E-state index in [4.69, 9.17) is 9.84 Å². The average Bonchev–Trinajstić information content (AvgIpc) is 2.74. The lowest BCUT2D eigenvalue weighted by Gasteiger charge is -2.36. The zero-order chi connectivity index (χ0) is 18.6. The minimum atomic E-state index is 0.672. The molecule has 27 heavy (non-hydrogen) atoms. The smallest absolute Gasteiger partial charge is 0.128 e. The van der Waals surface area contributed by atoms with E-state index < -0.39 is 0 Å². The Morgan fingerprint density at radius 1 is 0.889 bits per heavy atom. The van der Waals surface area contributed by atoms with Crippen LogP contribution >= 0.6 is 15.9 Å². The maximum Gasteiger partial charge on any atom is 0.128 e. The second-order valence-electron chi connectivity index (χ2n) is 6.27. The molecule has 0 saturated heterocycles. The molecule has 1 aliphatic rings. The lowest BCUT2D eigenvalue weighted by Crippen LogP contribution is -2.44. The molecule has 0 atom stereocenters. The first-order valence-corrected chi connectivity index (χ1v) is 9.58. The molecule has 0 unspecified atom stereocenters. The standard InChI is InChI=1S/C22H20BrN3O/c1-27-22-14-8-5-11-18(22)20-15-25(21-13-7-6-12-19(21)23)16-26(24-20)17-9-3-2-4-10-17/h2-14H,15-16H2,1H3. The molecule has 1 aliphatic heterocycles. The number of nitrogens with zero attached hydrogens (tertiary/aromatic N) is 3. The summed E-state index contributed by atoms with van der Waals surface area (Å²) in [5.74, 6) is 0.832. The summed E-state index contributed by atoms with van der Waals surface area (Å²) >= 11 is 3.69. The number of hydrogen-bond donors (Lipinski definition) is 0. The largest absolute Gasteiger partial charge is 0.496 e. The Kier molecular flexibility index (Phi) is 5.12. The number of rotatable bonds is 4. The first-order chi connectivity index (χ1) is 13.3. The van der Waals surface area contributed by atoms with Crippen molar-refractivity contribution in [2.24, 2.45) is 5.10 Å². The summed E-state index contributed by atoms with van der Waals surface area (Å²) in [7, 11) is 1.70. The Morgan fingerprint density at radius 2 is 1.59 bits per heavy atom. The zero-order valence-corrected chi connectivity index (χ0v) is 16.6. The summed E-state index contributed by atoms with van der Waals surface area (Å²) in [4.78, 5) is 2.31. The number of methoxy groups -OCH3 is 1. The third kappa shape index (κ3) is 3.69. The van der Waals surface area contributed by atoms with Crippen LogP contribution in [0.2, 0.25) is 0 Å². The molecule has 0 bridgehead atoms. The molecule has 0 radical (unpaired) electrons. The van der Waals surface area contributed by atoms with Gasteiger partial charge in [-0.15, -0.1) is 0 Å². The summed E-state index contributed by atoms with van der Waals surface area (Å²) in [5.41, 5.74) is 4.18. The van der Waals surface area contributed by atoms with Crippen LogP contribution in [0, 0.1) is 0 Å². The van der Waals surface area contributed by atoms with Crippen LogP contribution in [-0.2, 0) is 0 Å². The molecule has 0 saturated carbocycles. The van der Waals surface area contributed by atoms with Gasteiger partial charge in [0.25, 0.3) is 0 Å². The van der Waals surface area contributed by atoms with E-state index in [-0.39, 0.29) is 0 Å². The van der Waals surface area contributed by atoms with Crippen molar-refractivity contribution in [1.82, 2.24) is 0 Å². The van der Waals surface area contributed by atoms with Crippen molar-refractivity contribution in [1.29, 1.82) is 0 Å². The highest BCUT2D eigenvalue weighted by Crippen LogP contribution is 2.30. The minimum absolute atomic E-state index is 0.672. The quantitative estimate of drug-likeness (QED) is 0.583. The van der Waals surface area contributed by atoms with Crippen LogP contribution in [0.3, 0.4) is 0 Å². The number of halogens is 1. The predicted octanol–water partition coefficient (Wildman–Crippen LogP) is 5.15. The molecule has 5 heteroatoms. The fraction of sp³-hybridized carbons (Fsp3) is 0.136. The summed E-state index contributed by atoms with van der Waals surface area (Å²) < 4.78 is 6.65. The number of hydrazone groups is 1. The maximum absolute atomic E-state index is 5.58. The molecule has 0 N–H and O–H groups in total. The van der Waals surface area contributed by atoms with Crippen molar-refractivity contribution in [3.63, 3.8) is 0 Å². The van der Waals surface area contributed by atoms with Crippen molar-refractivity contribution in [2.45, 2.75) is 0 Å². The first kappa shape index (κ1) is 17.6. The number of para-hydroxylation sites is 3. The molecule has 136 valence electrons. The first-order valence-electron chi connectivity index (χ1n) is 8.79. The molecule has 0 spiro atoms. The molecular formula is C22H20BrN3O. The van der Waals surface area contributed by atoms with Crippen LogP contribution in [0.15, 0.2) is 88.4 Å². The second-order valence-corrected chi connectivity index (χ2v) is 7.13. The number of benzene rings is 3. The zero-order valence-electron chi connectivity index (χ0n) is 15.0. The second kappa shape index (κ2) is 7.84. The van der Waals surface area contributed by atoms with Crippen LogP contribution in [0.1, 0.15) is 5.56 Å². The number of anilines is 2. The van der Waals surface area contributed by atoms with E-state index in [1.807, 2.05) is 47.5 Å². The van der Waals surface area contributed by atoms with Gasteiger partial charge in [0.05, 0.1) is 30.7 Å². The summed E-state index contributed by atoms with van der Waals surface area (Å²) in [6, 6.07) is 26.5. The average molecular weight is 422 g/mol. The molecule has 0 aliphatic carbocycles. The topological polar surface area (TPSA) is 28.1 Å². The van der Waals surface area contributed by atoms with Crippen LogP contribution < -0.4 is 14.6 Å². The Morgan fingerprint density at radius 3 is 2.37 bits per heavy atom. The molecule has 0 aromatic heterocycles. The Labute approximate surface area is 167 Å². The van der Waals surface area contributed by atoms with Crippen molar-refractivity contribution in [2.75, 3.05) is 30.2 Å². The normalized spacial score (nSPS) is 14.1. The van der Waals surface area contributed by atoms with Gasteiger partial charge in [-0.1, -0.05) is 42.5 Å². The van der Waals surface area contributed by atoms with Crippen LogP contribution in [0.25, 0.3) is 0 Å². The van der Waals surface area contributed by atoms with Crippen LogP contribution in [0.5, 0.6) is 5.75 Å². The summed E-state index contributed by atoms with van der Waals surface area (Å²) in [5, 5.41) is 6.98. The fourth-order valence-corrected chi connectivity index (χ4v) is 3.77. The monoisotopic (exact) mass is 421 g/mol. The van der Waals surface area contributed by atoms with Gasteiger partial charge in [0, 0.05) is 10.0 Å². The molecule has 3 aromatic carbocycles. The van der Waals surface area contributed by atoms with Gasteiger partial charge in [-0.05, 0) is 52.3 Å². The number of ether oxygens (including phenoxy) is 1. The molecule has 0 fully saturated rings. The van der Waals surface area contributed by atoms with Gasteiger partial charge in [0.2, 0.25) is 0 Å². The van der Waals surface area contributed by atoms with Gasteiger partial charge in [-0.25, -0.2) is 5.01 Å². The van der Waals surface area contributed by atoms with Gasteiger partial charge in [-0.3, -0.25) is 0 Å². The van der Waals surface area contributed by atoms with E-state index in [0.717, 1.165) is 32.9 Å². The van der Waals surface area contributed by atoms with E-state index in [1.54, 1.807) is 7.11 Å². The fourth-order valence-electron chi connectivity index (χ4n) is 3.23. The van der Waals surface area contributed by atoms with E-state index in [0.29, 0.717) is 13.2 Å². The van der Waals surface area contributed by atoms with E-state index in [1.165, 1.54) is 0 Å². The van der Waals surface area contributed by atoms with E-state index in [2.05, 4.69) is 57.2 Å². The Bertz CT molecular complexity index is 959. The van der Waals surface area contributed by atoms with Gasteiger partial charge in [-0.2, -0.15) is 5.10 Å². The lowest BCUT2D eigenvalue weighted by molar-refractivity contribution is 0.414. The van der Waals surface area contributed by atoms with E-state index in [9.17, 15) is 0 Å². The third-order valence-electron chi connectivity index (χ3n) is 4.55. The molecule has 1 heterocycles. The highest BCUT2D eigenvalue weighted by molar-refractivity contribution is 9.10. The molecule has 4 nitrogen and oxygen atoms in total. The highest BCUT2D eigenvalue weighted by atomic mass is 79.9. The van der Waals surface area contributed by atoms with Crippen molar-refractivity contribution in [3.8, 4) is 5.75 Å². The van der Waals surface area contributed by atoms with Crippen LogP contribution in [-0.4, -0.2) is 26.0 Å². The minimum Gasteiger partial charge on any atom is -0.496 e. The predicted molar refractivity (Wildman–Crippen MR) is 115 cm³/mol. The summed E-state index contributed by atoms with van der Waals surface area (Å²) in [6.07, 6.45) is 0. The molecular weight excluding hydrogens is 402 g/mol. The van der Waals surface area contributed by atoms with E-state index >= 15 is 0 Å². The van der Waals surface area contributed by atoms with Crippen molar-refractivity contribution >= 4 is 33.0 Å². The Balaban J connectivity index is 1.79. The maximum atomic E-state index is 5.58. The molecule has 3 aromatic rings. The van der Waals surface area contributed by atoms with Gasteiger partial charge in [0.1, 0.15) is 12.4 Å². The summed E-state index contributed by atoms with van der Waals surface area (Å²) in [6.45, 7) is 1.37.